The summed E-state index contributed by atoms with van der Waals surface area (Å²) in [4.78, 5) is 8.56. The van der Waals surface area contributed by atoms with Gasteiger partial charge in [-0.05, 0) is 29.2 Å². The van der Waals surface area contributed by atoms with E-state index < -0.39 is 0 Å². The van der Waals surface area contributed by atoms with E-state index in [9.17, 15) is 5.11 Å². The summed E-state index contributed by atoms with van der Waals surface area (Å²) < 4.78 is 0. The number of allylic oxidation sites excluding steroid dienone is 2. The Morgan fingerprint density at radius 1 is 1.25 bits per heavy atom. The maximum absolute atomic E-state index is 10.2. The molecule has 0 bridgehead atoms. The number of H-pyrrole nitrogens is 1. The van der Waals surface area contributed by atoms with Gasteiger partial charge in [0.1, 0.15) is 17.4 Å². The molecule has 0 amide bonds. The highest BCUT2D eigenvalue weighted by molar-refractivity contribution is 5.72. The summed E-state index contributed by atoms with van der Waals surface area (Å²) in [5.41, 5.74) is 2.66. The number of hydrogen-bond donors (Lipinski definition) is 4. The number of anilines is 3. The van der Waals surface area contributed by atoms with E-state index in [1.54, 1.807) is 18.3 Å². The molecule has 0 unspecified atom stereocenters. The van der Waals surface area contributed by atoms with Crippen LogP contribution in [0.2, 0.25) is 0 Å². The summed E-state index contributed by atoms with van der Waals surface area (Å²) in [6.07, 6.45) is 3.27. The molecule has 3 aromatic rings. The quantitative estimate of drug-likeness (QED) is 0.338. The predicted molar refractivity (Wildman–Crippen MR) is 113 cm³/mol. The second kappa shape index (κ2) is 8.85. The van der Waals surface area contributed by atoms with E-state index in [0.29, 0.717) is 17.7 Å². The topological polar surface area (TPSA) is 98.7 Å². The molecule has 0 saturated heterocycles. The van der Waals surface area contributed by atoms with Gasteiger partial charge in [0.15, 0.2) is 0 Å². The average Bonchev–Trinajstić information content (AvgIpc) is 3.16. The molecule has 0 atom stereocenters. The fourth-order valence-corrected chi connectivity index (χ4v) is 2.51. The SMILES string of the molecule is C=C(/C=C(\O)CNc1nccc(Nc2cc(C(C)C)n[nH]2)n1)c1ccccc1. The van der Waals surface area contributed by atoms with Gasteiger partial charge in [-0.2, -0.15) is 10.1 Å². The van der Waals surface area contributed by atoms with Crippen LogP contribution in [0.5, 0.6) is 0 Å². The third-order valence-electron chi connectivity index (χ3n) is 4.02. The van der Waals surface area contributed by atoms with Crippen LogP contribution in [0.3, 0.4) is 0 Å². The van der Waals surface area contributed by atoms with Gasteiger partial charge in [-0.3, -0.25) is 5.10 Å². The Morgan fingerprint density at radius 2 is 2.04 bits per heavy atom. The maximum atomic E-state index is 10.2. The molecule has 2 heterocycles. The number of aromatic nitrogens is 4. The Hall–Kier alpha value is -3.61. The van der Waals surface area contributed by atoms with Gasteiger partial charge in [-0.1, -0.05) is 50.8 Å². The zero-order valence-electron chi connectivity index (χ0n) is 16.0. The average molecular weight is 376 g/mol. The lowest BCUT2D eigenvalue weighted by molar-refractivity contribution is 0.408. The Bertz CT molecular complexity index is 962. The number of rotatable bonds is 8. The lowest BCUT2D eigenvalue weighted by atomic mass is 10.1. The van der Waals surface area contributed by atoms with Crippen LogP contribution in [0, 0.1) is 0 Å². The van der Waals surface area contributed by atoms with E-state index in [-0.39, 0.29) is 12.3 Å². The molecular formula is C21H24N6O. The minimum absolute atomic E-state index is 0.144. The fraction of sp³-hybridized carbons (Fsp3) is 0.190. The van der Waals surface area contributed by atoms with Crippen LogP contribution in [-0.4, -0.2) is 31.8 Å². The van der Waals surface area contributed by atoms with Crippen molar-refractivity contribution in [3.05, 3.63) is 78.3 Å². The first-order valence-corrected chi connectivity index (χ1v) is 9.04. The van der Waals surface area contributed by atoms with Gasteiger partial charge in [0.2, 0.25) is 5.95 Å². The monoisotopic (exact) mass is 376 g/mol. The van der Waals surface area contributed by atoms with Crippen LogP contribution in [0.25, 0.3) is 5.57 Å². The molecule has 144 valence electrons. The van der Waals surface area contributed by atoms with Crippen molar-refractivity contribution in [2.75, 3.05) is 17.2 Å². The lowest BCUT2D eigenvalue weighted by Crippen LogP contribution is -2.08. The number of nitrogens with zero attached hydrogens (tertiary/aromatic N) is 3. The number of hydrogen-bond acceptors (Lipinski definition) is 6. The Labute approximate surface area is 164 Å². The second-order valence-electron chi connectivity index (χ2n) is 6.63. The van der Waals surface area contributed by atoms with Gasteiger partial charge in [-0.25, -0.2) is 4.98 Å². The minimum Gasteiger partial charge on any atom is -0.510 e. The van der Waals surface area contributed by atoms with Gasteiger partial charge in [0.25, 0.3) is 0 Å². The molecule has 2 aromatic heterocycles. The minimum atomic E-state index is 0.144. The largest absolute Gasteiger partial charge is 0.510 e. The summed E-state index contributed by atoms with van der Waals surface area (Å²) in [5, 5.41) is 23.5. The molecule has 3 rings (SSSR count). The van der Waals surface area contributed by atoms with Gasteiger partial charge in [0.05, 0.1) is 12.2 Å². The molecule has 28 heavy (non-hydrogen) atoms. The van der Waals surface area contributed by atoms with Gasteiger partial charge >= 0.3 is 0 Å². The standard InChI is InChI=1S/C21H24N6O/c1-14(2)18-12-20(27-26-18)24-19-9-10-22-21(25-19)23-13-17(28)11-15(3)16-7-5-4-6-8-16/h4-12,14,28H,3,13H2,1-2H3,(H3,22,23,24,25,26,27)/b17-11-. The molecule has 0 fully saturated rings. The van der Waals surface area contributed by atoms with E-state index in [2.05, 4.69) is 51.2 Å². The van der Waals surface area contributed by atoms with Crippen molar-refractivity contribution < 1.29 is 5.11 Å². The van der Waals surface area contributed by atoms with E-state index in [0.717, 1.165) is 22.6 Å². The van der Waals surface area contributed by atoms with Crippen LogP contribution in [0.15, 0.2) is 67.1 Å². The summed E-state index contributed by atoms with van der Waals surface area (Å²) in [6, 6.07) is 13.4. The van der Waals surface area contributed by atoms with Crippen LogP contribution in [0.1, 0.15) is 31.0 Å². The fourth-order valence-electron chi connectivity index (χ4n) is 2.51. The Kier molecular flexibility index (Phi) is 6.06. The molecular weight excluding hydrogens is 352 g/mol. The Morgan fingerprint density at radius 3 is 2.75 bits per heavy atom. The van der Waals surface area contributed by atoms with Crippen LogP contribution in [0.4, 0.5) is 17.6 Å². The van der Waals surface area contributed by atoms with Crippen molar-refractivity contribution in [3.8, 4) is 0 Å². The molecule has 0 aliphatic heterocycles. The summed E-state index contributed by atoms with van der Waals surface area (Å²) in [5.74, 6) is 2.27. The van der Waals surface area contributed by atoms with Crippen molar-refractivity contribution in [3.63, 3.8) is 0 Å². The van der Waals surface area contributed by atoms with Gasteiger partial charge in [0, 0.05) is 12.3 Å². The Balaban J connectivity index is 1.59. The zero-order chi connectivity index (χ0) is 19.9. The van der Waals surface area contributed by atoms with Crippen LogP contribution < -0.4 is 10.6 Å². The maximum Gasteiger partial charge on any atom is 0.224 e. The smallest absolute Gasteiger partial charge is 0.224 e. The zero-order valence-corrected chi connectivity index (χ0v) is 16.0. The van der Waals surface area contributed by atoms with E-state index in [4.69, 9.17) is 0 Å². The van der Waals surface area contributed by atoms with Crippen LogP contribution in [-0.2, 0) is 0 Å². The van der Waals surface area contributed by atoms with Crippen molar-refractivity contribution in [2.45, 2.75) is 19.8 Å². The molecule has 0 saturated carbocycles. The predicted octanol–water partition coefficient (Wildman–Crippen LogP) is 4.63. The van der Waals surface area contributed by atoms with Crippen molar-refractivity contribution in [1.82, 2.24) is 20.2 Å². The number of aromatic amines is 1. The van der Waals surface area contributed by atoms with Crippen molar-refractivity contribution in [2.24, 2.45) is 0 Å². The van der Waals surface area contributed by atoms with E-state index >= 15 is 0 Å². The highest BCUT2D eigenvalue weighted by atomic mass is 16.3. The van der Waals surface area contributed by atoms with Crippen molar-refractivity contribution >= 4 is 23.2 Å². The molecule has 0 aliphatic carbocycles. The highest BCUT2D eigenvalue weighted by Crippen LogP contribution is 2.18. The molecule has 0 spiro atoms. The molecule has 0 radical (unpaired) electrons. The van der Waals surface area contributed by atoms with Gasteiger partial charge in [-0.15, -0.1) is 0 Å². The molecule has 0 aliphatic rings. The third-order valence-corrected chi connectivity index (χ3v) is 4.02. The first kappa shape index (κ1) is 19.2. The number of aliphatic hydroxyl groups excluding tert-OH is 1. The van der Waals surface area contributed by atoms with Crippen molar-refractivity contribution in [1.29, 1.82) is 0 Å². The molecule has 1 aromatic carbocycles. The van der Waals surface area contributed by atoms with E-state index in [1.165, 1.54) is 0 Å². The highest BCUT2D eigenvalue weighted by Gasteiger charge is 2.06. The van der Waals surface area contributed by atoms with E-state index in [1.807, 2.05) is 36.4 Å². The molecule has 4 N–H and O–H groups in total. The normalized spacial score (nSPS) is 11.5. The summed E-state index contributed by atoms with van der Waals surface area (Å²) in [7, 11) is 0. The summed E-state index contributed by atoms with van der Waals surface area (Å²) >= 11 is 0. The molecule has 7 heteroatoms. The first-order valence-electron chi connectivity index (χ1n) is 9.04. The van der Waals surface area contributed by atoms with Gasteiger partial charge < -0.3 is 15.7 Å². The third kappa shape index (κ3) is 5.20. The number of aliphatic hydroxyl groups is 1. The number of nitrogens with one attached hydrogen (secondary N) is 3. The van der Waals surface area contributed by atoms with Crippen LogP contribution >= 0.6 is 0 Å². The molecule has 7 nitrogen and oxygen atoms in total. The second-order valence-corrected chi connectivity index (χ2v) is 6.63. The summed E-state index contributed by atoms with van der Waals surface area (Å²) in [6.45, 7) is 8.34. The lowest BCUT2D eigenvalue weighted by Gasteiger charge is -2.07. The first-order chi connectivity index (χ1) is 13.5. The number of benzene rings is 1.